The van der Waals surface area contributed by atoms with Crippen LogP contribution in [-0.2, 0) is 6.42 Å². The first-order valence-electron chi connectivity index (χ1n) is 4.62. The van der Waals surface area contributed by atoms with Gasteiger partial charge in [-0.05, 0) is 30.9 Å². The van der Waals surface area contributed by atoms with E-state index in [1.165, 1.54) is 12.1 Å². The van der Waals surface area contributed by atoms with Gasteiger partial charge in [-0.25, -0.2) is 8.78 Å². The zero-order valence-corrected chi connectivity index (χ0v) is 8.30. The van der Waals surface area contributed by atoms with Crippen LogP contribution in [0.25, 0.3) is 0 Å². The van der Waals surface area contributed by atoms with Gasteiger partial charge in [0.1, 0.15) is 11.6 Å². The third kappa shape index (κ3) is 2.77. The first kappa shape index (κ1) is 11.1. The Labute approximate surface area is 82.4 Å². The number of halogens is 2. The van der Waals surface area contributed by atoms with Crippen LogP contribution in [0, 0.1) is 17.6 Å². The summed E-state index contributed by atoms with van der Waals surface area (Å²) < 4.78 is 25.7. The van der Waals surface area contributed by atoms with Crippen molar-refractivity contribution in [2.75, 3.05) is 0 Å². The molecule has 2 atom stereocenters. The molecule has 0 aromatic heterocycles. The molecule has 0 amide bonds. The third-order valence-electron chi connectivity index (χ3n) is 2.38. The summed E-state index contributed by atoms with van der Waals surface area (Å²) in [5, 5.41) is 9.23. The summed E-state index contributed by atoms with van der Waals surface area (Å²) in [5.41, 5.74) is 0.444. The van der Waals surface area contributed by atoms with Crippen LogP contribution in [0.2, 0.25) is 0 Å². The fraction of sp³-hybridized carbons (Fsp3) is 0.455. The fourth-order valence-corrected chi connectivity index (χ4v) is 1.20. The first-order valence-corrected chi connectivity index (χ1v) is 4.62. The molecule has 1 aromatic carbocycles. The summed E-state index contributed by atoms with van der Waals surface area (Å²) in [4.78, 5) is 0. The van der Waals surface area contributed by atoms with Crippen molar-refractivity contribution in [3.8, 4) is 0 Å². The Kier molecular flexibility index (Phi) is 3.58. The van der Waals surface area contributed by atoms with E-state index in [2.05, 4.69) is 0 Å². The maximum atomic E-state index is 13.2. The van der Waals surface area contributed by atoms with Gasteiger partial charge < -0.3 is 5.11 Å². The topological polar surface area (TPSA) is 20.2 Å². The Bertz CT molecular complexity index is 310. The highest BCUT2D eigenvalue weighted by molar-refractivity contribution is 5.19. The molecule has 0 aliphatic carbocycles. The summed E-state index contributed by atoms with van der Waals surface area (Å²) >= 11 is 0. The molecule has 1 aromatic rings. The van der Waals surface area contributed by atoms with E-state index in [-0.39, 0.29) is 5.92 Å². The van der Waals surface area contributed by atoms with Crippen LogP contribution in [0.15, 0.2) is 18.2 Å². The van der Waals surface area contributed by atoms with Crippen LogP contribution in [0.1, 0.15) is 19.4 Å². The molecule has 1 N–H and O–H groups in total. The van der Waals surface area contributed by atoms with E-state index in [0.717, 1.165) is 6.07 Å². The number of aliphatic hydroxyl groups is 1. The van der Waals surface area contributed by atoms with E-state index < -0.39 is 17.7 Å². The molecule has 3 heteroatoms. The SMILES string of the molecule is CC(O)C(C)Cc1ccc(F)cc1F. The van der Waals surface area contributed by atoms with Gasteiger partial charge in [0.15, 0.2) is 0 Å². The molecule has 0 saturated carbocycles. The van der Waals surface area contributed by atoms with Crippen molar-refractivity contribution in [1.29, 1.82) is 0 Å². The first-order chi connectivity index (χ1) is 6.50. The quantitative estimate of drug-likeness (QED) is 0.794. The highest BCUT2D eigenvalue weighted by Gasteiger charge is 2.12. The number of aliphatic hydroxyl groups excluding tert-OH is 1. The summed E-state index contributed by atoms with van der Waals surface area (Å²) in [7, 11) is 0. The Hall–Kier alpha value is -0.960. The molecule has 1 rings (SSSR count). The summed E-state index contributed by atoms with van der Waals surface area (Å²) in [6, 6.07) is 3.51. The van der Waals surface area contributed by atoms with E-state index in [4.69, 9.17) is 0 Å². The van der Waals surface area contributed by atoms with Crippen LogP contribution in [0.3, 0.4) is 0 Å². The van der Waals surface area contributed by atoms with Crippen molar-refractivity contribution in [3.63, 3.8) is 0 Å². The van der Waals surface area contributed by atoms with Crippen LogP contribution >= 0.6 is 0 Å². The molecule has 1 nitrogen and oxygen atoms in total. The Morgan fingerprint density at radius 1 is 1.29 bits per heavy atom. The van der Waals surface area contributed by atoms with Gasteiger partial charge >= 0.3 is 0 Å². The zero-order valence-electron chi connectivity index (χ0n) is 8.30. The molecule has 14 heavy (non-hydrogen) atoms. The molecular formula is C11H14F2O. The van der Waals surface area contributed by atoms with E-state index in [0.29, 0.717) is 12.0 Å². The second kappa shape index (κ2) is 4.51. The Morgan fingerprint density at radius 2 is 1.93 bits per heavy atom. The highest BCUT2D eigenvalue weighted by atomic mass is 19.1. The van der Waals surface area contributed by atoms with E-state index in [1.807, 2.05) is 6.92 Å². The summed E-state index contributed by atoms with van der Waals surface area (Å²) in [6.45, 7) is 3.49. The minimum Gasteiger partial charge on any atom is -0.393 e. The lowest BCUT2D eigenvalue weighted by molar-refractivity contribution is 0.134. The molecule has 2 unspecified atom stereocenters. The molecule has 0 spiro atoms. The predicted molar refractivity (Wildman–Crippen MR) is 50.9 cm³/mol. The molecule has 0 radical (unpaired) electrons. The van der Waals surface area contributed by atoms with Crippen molar-refractivity contribution in [2.24, 2.45) is 5.92 Å². The van der Waals surface area contributed by atoms with Gasteiger partial charge in [-0.1, -0.05) is 13.0 Å². The average molecular weight is 200 g/mol. The maximum absolute atomic E-state index is 13.2. The van der Waals surface area contributed by atoms with Crippen molar-refractivity contribution >= 4 is 0 Å². The van der Waals surface area contributed by atoms with Crippen LogP contribution in [-0.4, -0.2) is 11.2 Å². The minimum atomic E-state index is -0.573. The van der Waals surface area contributed by atoms with Gasteiger partial charge in [-0.15, -0.1) is 0 Å². The van der Waals surface area contributed by atoms with Gasteiger partial charge in [-0.3, -0.25) is 0 Å². The summed E-state index contributed by atoms with van der Waals surface area (Å²) in [6.07, 6.45) is -0.0662. The standard InChI is InChI=1S/C11H14F2O/c1-7(8(2)14)5-9-3-4-10(12)6-11(9)13/h3-4,6-8,14H,5H2,1-2H3. The predicted octanol–water partition coefficient (Wildman–Crippen LogP) is 2.52. The van der Waals surface area contributed by atoms with Gasteiger partial charge in [0.05, 0.1) is 6.10 Å². The number of hydrogen-bond acceptors (Lipinski definition) is 1. The van der Waals surface area contributed by atoms with E-state index in [1.54, 1.807) is 6.92 Å². The largest absolute Gasteiger partial charge is 0.393 e. The van der Waals surface area contributed by atoms with Crippen molar-refractivity contribution in [3.05, 3.63) is 35.4 Å². The van der Waals surface area contributed by atoms with Crippen molar-refractivity contribution in [1.82, 2.24) is 0 Å². The maximum Gasteiger partial charge on any atom is 0.129 e. The van der Waals surface area contributed by atoms with Crippen LogP contribution in [0.4, 0.5) is 8.78 Å². The fourth-order valence-electron chi connectivity index (χ4n) is 1.20. The van der Waals surface area contributed by atoms with Gasteiger partial charge in [0.2, 0.25) is 0 Å². The third-order valence-corrected chi connectivity index (χ3v) is 2.38. The lowest BCUT2D eigenvalue weighted by Crippen LogP contribution is -2.16. The van der Waals surface area contributed by atoms with Crippen molar-refractivity contribution < 1.29 is 13.9 Å². The zero-order chi connectivity index (χ0) is 10.7. The van der Waals surface area contributed by atoms with Gasteiger partial charge in [0.25, 0.3) is 0 Å². The minimum absolute atomic E-state index is 0.0324. The Balaban J connectivity index is 2.77. The molecule has 0 fully saturated rings. The van der Waals surface area contributed by atoms with E-state index in [9.17, 15) is 13.9 Å². The Morgan fingerprint density at radius 3 is 2.43 bits per heavy atom. The molecule has 0 heterocycles. The lowest BCUT2D eigenvalue weighted by Gasteiger charge is -2.14. The number of rotatable bonds is 3. The number of hydrogen-bond donors (Lipinski definition) is 1. The number of benzene rings is 1. The second-order valence-electron chi connectivity index (χ2n) is 3.66. The summed E-state index contributed by atoms with van der Waals surface area (Å²) in [5.74, 6) is -1.15. The van der Waals surface area contributed by atoms with Gasteiger partial charge in [-0.2, -0.15) is 0 Å². The smallest absolute Gasteiger partial charge is 0.129 e. The normalized spacial score (nSPS) is 15.2. The molecule has 0 bridgehead atoms. The van der Waals surface area contributed by atoms with Crippen LogP contribution in [0.5, 0.6) is 0 Å². The monoisotopic (exact) mass is 200 g/mol. The molecule has 0 aliphatic heterocycles. The molecule has 78 valence electrons. The second-order valence-corrected chi connectivity index (χ2v) is 3.66. The van der Waals surface area contributed by atoms with Crippen LogP contribution < -0.4 is 0 Å². The van der Waals surface area contributed by atoms with E-state index >= 15 is 0 Å². The molecular weight excluding hydrogens is 186 g/mol. The van der Waals surface area contributed by atoms with Gasteiger partial charge in [0, 0.05) is 6.07 Å². The highest BCUT2D eigenvalue weighted by Crippen LogP contribution is 2.16. The average Bonchev–Trinajstić information content (AvgIpc) is 2.09. The molecule has 0 saturated heterocycles. The van der Waals surface area contributed by atoms with Crippen molar-refractivity contribution in [2.45, 2.75) is 26.4 Å². The molecule has 0 aliphatic rings. The lowest BCUT2D eigenvalue weighted by atomic mass is 9.96.